The lowest BCUT2D eigenvalue weighted by molar-refractivity contribution is -0.385. The predicted octanol–water partition coefficient (Wildman–Crippen LogP) is 1.23. The summed E-state index contributed by atoms with van der Waals surface area (Å²) in [4.78, 5) is 9.25. The van der Waals surface area contributed by atoms with E-state index in [4.69, 9.17) is 5.73 Å². The van der Waals surface area contributed by atoms with Crippen LogP contribution in [-0.2, 0) is 10.0 Å². The van der Waals surface area contributed by atoms with Gasteiger partial charge in [-0.25, -0.2) is 12.8 Å². The van der Waals surface area contributed by atoms with E-state index in [1.165, 1.54) is 4.31 Å². The molecule has 0 spiro atoms. The van der Waals surface area contributed by atoms with E-state index in [2.05, 4.69) is 0 Å². The van der Waals surface area contributed by atoms with Crippen LogP contribution in [0.5, 0.6) is 0 Å². The lowest BCUT2D eigenvalue weighted by atomic mass is 10.0. The maximum absolute atomic E-state index is 13.9. The van der Waals surface area contributed by atoms with Crippen molar-refractivity contribution in [2.75, 3.05) is 6.54 Å². The summed E-state index contributed by atoms with van der Waals surface area (Å²) in [5, 5.41) is 10.6. The predicted molar refractivity (Wildman–Crippen MR) is 73.6 cm³/mol. The second-order valence-corrected chi connectivity index (χ2v) is 6.98. The molecule has 2 atom stereocenters. The Hall–Kier alpha value is -1.58. The Morgan fingerprint density at radius 1 is 1.48 bits per heavy atom. The van der Waals surface area contributed by atoms with Crippen molar-refractivity contribution < 1.29 is 17.7 Å². The van der Waals surface area contributed by atoms with Crippen molar-refractivity contribution >= 4 is 15.7 Å². The minimum absolute atomic E-state index is 0.0758. The van der Waals surface area contributed by atoms with Gasteiger partial charge in [0.05, 0.1) is 11.0 Å². The van der Waals surface area contributed by atoms with Crippen LogP contribution < -0.4 is 5.73 Å². The van der Waals surface area contributed by atoms with E-state index < -0.39 is 31.3 Å². The molecule has 0 aliphatic carbocycles. The Morgan fingerprint density at radius 2 is 2.14 bits per heavy atom. The number of benzene rings is 1. The largest absolute Gasteiger partial charge is 0.328 e. The van der Waals surface area contributed by atoms with E-state index in [0.29, 0.717) is 18.9 Å². The number of nitro benzene ring substituents is 1. The highest BCUT2D eigenvalue weighted by atomic mass is 32.2. The van der Waals surface area contributed by atoms with Crippen LogP contribution in [0.25, 0.3) is 0 Å². The second kappa shape index (κ2) is 5.66. The average Bonchev–Trinajstić information content (AvgIpc) is 2.37. The van der Waals surface area contributed by atoms with E-state index in [0.717, 1.165) is 12.1 Å². The molecule has 2 N–H and O–H groups in total. The van der Waals surface area contributed by atoms with Gasteiger partial charge in [-0.2, -0.15) is 4.31 Å². The van der Waals surface area contributed by atoms with Crippen molar-refractivity contribution in [2.24, 2.45) is 5.73 Å². The van der Waals surface area contributed by atoms with Gasteiger partial charge in [-0.1, -0.05) is 0 Å². The molecule has 9 heteroatoms. The monoisotopic (exact) mass is 317 g/mol. The molecule has 1 fully saturated rings. The summed E-state index contributed by atoms with van der Waals surface area (Å²) >= 11 is 0. The number of rotatable bonds is 3. The SMILES string of the molecule is CC1CC(N)CCN1S(=O)(=O)c1ccc([N+](=O)[O-])cc1F. The highest BCUT2D eigenvalue weighted by Crippen LogP contribution is 2.28. The van der Waals surface area contributed by atoms with Gasteiger partial charge in [-0.15, -0.1) is 0 Å². The molecule has 1 saturated heterocycles. The van der Waals surface area contributed by atoms with Crippen molar-refractivity contribution in [3.05, 3.63) is 34.1 Å². The lowest BCUT2D eigenvalue weighted by Crippen LogP contribution is -2.48. The summed E-state index contributed by atoms with van der Waals surface area (Å²) in [6, 6.07) is 2.12. The van der Waals surface area contributed by atoms with Crippen molar-refractivity contribution in [2.45, 2.75) is 36.7 Å². The summed E-state index contributed by atoms with van der Waals surface area (Å²) < 4.78 is 40.1. The molecule has 21 heavy (non-hydrogen) atoms. The number of non-ortho nitro benzene ring substituents is 1. The zero-order valence-corrected chi connectivity index (χ0v) is 12.2. The van der Waals surface area contributed by atoms with Crippen LogP contribution in [0.1, 0.15) is 19.8 Å². The smallest absolute Gasteiger partial charge is 0.272 e. The first-order valence-corrected chi connectivity index (χ1v) is 7.89. The van der Waals surface area contributed by atoms with E-state index in [1.54, 1.807) is 6.92 Å². The summed E-state index contributed by atoms with van der Waals surface area (Å²) in [5.41, 5.74) is 5.30. The summed E-state index contributed by atoms with van der Waals surface area (Å²) in [7, 11) is -4.03. The molecule has 1 aliphatic heterocycles. The molecular weight excluding hydrogens is 301 g/mol. The Labute approximate surface area is 121 Å². The van der Waals surface area contributed by atoms with Gasteiger partial charge in [0.1, 0.15) is 10.7 Å². The molecule has 1 aromatic carbocycles. The topological polar surface area (TPSA) is 107 Å². The van der Waals surface area contributed by atoms with Gasteiger partial charge in [0, 0.05) is 24.7 Å². The van der Waals surface area contributed by atoms with Crippen molar-refractivity contribution in [1.82, 2.24) is 4.31 Å². The van der Waals surface area contributed by atoms with Crippen molar-refractivity contribution in [3.8, 4) is 0 Å². The summed E-state index contributed by atoms with van der Waals surface area (Å²) in [6.07, 6.45) is 0.992. The minimum Gasteiger partial charge on any atom is -0.328 e. The van der Waals surface area contributed by atoms with Gasteiger partial charge < -0.3 is 5.73 Å². The maximum atomic E-state index is 13.9. The minimum atomic E-state index is -4.03. The number of halogens is 1. The van der Waals surface area contributed by atoms with Gasteiger partial charge in [0.25, 0.3) is 5.69 Å². The number of piperidine rings is 1. The van der Waals surface area contributed by atoms with Crippen LogP contribution in [0.4, 0.5) is 10.1 Å². The van der Waals surface area contributed by atoms with Crippen LogP contribution in [0.2, 0.25) is 0 Å². The Bertz CT molecular complexity index is 664. The zero-order chi connectivity index (χ0) is 15.8. The molecule has 0 bridgehead atoms. The molecular formula is C12H16FN3O4S. The Morgan fingerprint density at radius 3 is 2.67 bits per heavy atom. The number of hydrogen-bond donors (Lipinski definition) is 1. The van der Waals surface area contributed by atoms with Crippen LogP contribution >= 0.6 is 0 Å². The van der Waals surface area contributed by atoms with Gasteiger partial charge in [-0.3, -0.25) is 10.1 Å². The highest BCUT2D eigenvalue weighted by Gasteiger charge is 2.35. The molecule has 0 amide bonds. The fraction of sp³-hybridized carbons (Fsp3) is 0.500. The Kier molecular flexibility index (Phi) is 4.26. The lowest BCUT2D eigenvalue weighted by Gasteiger charge is -2.35. The van der Waals surface area contributed by atoms with E-state index in [9.17, 15) is 22.9 Å². The Balaban J connectivity index is 2.38. The first kappa shape index (κ1) is 15.8. The first-order chi connectivity index (χ1) is 9.73. The van der Waals surface area contributed by atoms with Gasteiger partial charge >= 0.3 is 0 Å². The molecule has 0 radical (unpaired) electrons. The average molecular weight is 317 g/mol. The van der Waals surface area contributed by atoms with Gasteiger partial charge in [0.2, 0.25) is 10.0 Å². The number of nitrogens with zero attached hydrogens (tertiary/aromatic N) is 2. The third-order valence-corrected chi connectivity index (χ3v) is 5.62. The van der Waals surface area contributed by atoms with Crippen LogP contribution in [0.3, 0.4) is 0 Å². The van der Waals surface area contributed by atoms with E-state index in [1.807, 2.05) is 0 Å². The number of nitrogens with two attached hydrogens (primary N) is 1. The van der Waals surface area contributed by atoms with E-state index >= 15 is 0 Å². The summed E-state index contributed by atoms with van der Waals surface area (Å²) in [5.74, 6) is -1.12. The molecule has 116 valence electrons. The zero-order valence-electron chi connectivity index (χ0n) is 11.4. The molecule has 2 unspecified atom stereocenters. The molecule has 1 aromatic rings. The standard InChI is InChI=1S/C12H16FN3O4S/c1-8-6-9(14)4-5-15(8)21(19,20)12-3-2-10(16(17)18)7-11(12)13/h2-3,7-9H,4-6,14H2,1H3. The highest BCUT2D eigenvalue weighted by molar-refractivity contribution is 7.89. The van der Waals surface area contributed by atoms with Crippen LogP contribution in [0.15, 0.2) is 23.1 Å². The van der Waals surface area contributed by atoms with Crippen LogP contribution in [-0.4, -0.2) is 36.3 Å². The molecule has 0 aromatic heterocycles. The summed E-state index contributed by atoms with van der Waals surface area (Å²) in [6.45, 7) is 1.92. The van der Waals surface area contributed by atoms with Crippen LogP contribution in [0, 0.1) is 15.9 Å². The number of nitro groups is 1. The number of sulfonamides is 1. The van der Waals surface area contributed by atoms with Gasteiger partial charge in [0.15, 0.2) is 0 Å². The first-order valence-electron chi connectivity index (χ1n) is 6.45. The van der Waals surface area contributed by atoms with Crippen molar-refractivity contribution in [1.29, 1.82) is 0 Å². The van der Waals surface area contributed by atoms with Gasteiger partial charge in [-0.05, 0) is 25.8 Å². The second-order valence-electron chi connectivity index (χ2n) is 5.12. The third kappa shape index (κ3) is 3.04. The molecule has 0 saturated carbocycles. The maximum Gasteiger partial charge on any atom is 0.272 e. The molecule has 1 aliphatic rings. The molecule has 1 heterocycles. The number of hydrogen-bond acceptors (Lipinski definition) is 5. The molecule has 2 rings (SSSR count). The fourth-order valence-electron chi connectivity index (χ4n) is 2.48. The molecule has 7 nitrogen and oxygen atoms in total. The fourth-order valence-corrected chi connectivity index (χ4v) is 4.19. The van der Waals surface area contributed by atoms with E-state index in [-0.39, 0.29) is 18.6 Å². The normalized spacial score (nSPS) is 24.0. The quantitative estimate of drug-likeness (QED) is 0.666. The van der Waals surface area contributed by atoms with Crippen molar-refractivity contribution in [3.63, 3.8) is 0 Å². The third-order valence-electron chi connectivity index (χ3n) is 3.57.